The predicted octanol–water partition coefficient (Wildman–Crippen LogP) is 13.6. The number of aldehydes is 1. The Balaban J connectivity index is 0.000000142. The van der Waals surface area contributed by atoms with Gasteiger partial charge in [-0.1, -0.05) is 199 Å². The molecule has 71 heavy (non-hydrogen) atoms. The minimum atomic E-state index is -1.78. The van der Waals surface area contributed by atoms with Gasteiger partial charge in [0.1, 0.15) is 23.2 Å². The van der Waals surface area contributed by atoms with Crippen LogP contribution in [0.25, 0.3) is 71.4 Å². The van der Waals surface area contributed by atoms with E-state index in [1.165, 1.54) is 53.8 Å². The van der Waals surface area contributed by atoms with Crippen molar-refractivity contribution in [1.82, 2.24) is 0 Å². The van der Waals surface area contributed by atoms with E-state index in [4.69, 9.17) is 32.7 Å². The van der Waals surface area contributed by atoms with Crippen molar-refractivity contribution >= 4 is 102 Å². The zero-order valence-electron chi connectivity index (χ0n) is 39.3. The van der Waals surface area contributed by atoms with Crippen LogP contribution < -0.4 is 28.3 Å². The van der Waals surface area contributed by atoms with Crippen LogP contribution in [0, 0.1) is 0 Å². The third kappa shape index (κ3) is 10.5. The zero-order valence-corrected chi connectivity index (χ0v) is 42.4. The summed E-state index contributed by atoms with van der Waals surface area (Å²) in [6.07, 6.45) is 5.13. The van der Waals surface area contributed by atoms with Crippen molar-refractivity contribution in [2.45, 2.75) is 0 Å². The maximum Gasteiger partial charge on any atom is 0.170 e. The van der Waals surface area contributed by atoms with Gasteiger partial charge in [0.05, 0.1) is 18.4 Å². The van der Waals surface area contributed by atoms with Gasteiger partial charge in [-0.2, -0.15) is 0 Å². The number of fused-ring (bicyclic) bond motifs is 6. The van der Waals surface area contributed by atoms with Crippen LogP contribution in [0.5, 0.6) is 0 Å². The maximum absolute atomic E-state index is 11.5. The van der Waals surface area contributed by atoms with E-state index < -0.39 is 7.26 Å². The second-order valence-electron chi connectivity index (χ2n) is 16.7. The summed E-state index contributed by atoms with van der Waals surface area (Å²) in [6.45, 7) is 0. The van der Waals surface area contributed by atoms with Gasteiger partial charge in [-0.15, -0.1) is 0 Å². The molecule has 11 aromatic rings. The summed E-state index contributed by atoms with van der Waals surface area (Å²) in [7, 11) is 1.66. The number of halogens is 3. The van der Waals surface area contributed by atoms with Gasteiger partial charge in [-0.25, -0.2) is 0 Å². The fraction of sp³-hybridized carbons (Fsp3) is 0.0469. The Morgan fingerprint density at radius 1 is 0.408 bits per heavy atom. The molecule has 0 bridgehead atoms. The Hall–Kier alpha value is -7.07. The molecule has 0 N–H and O–H groups in total. The molecular formula is C64H50Cl3O3P. The van der Waals surface area contributed by atoms with E-state index in [1.54, 1.807) is 26.5 Å². The molecule has 0 atom stereocenters. The van der Waals surface area contributed by atoms with E-state index in [-0.39, 0.29) is 12.4 Å². The van der Waals surface area contributed by atoms with Gasteiger partial charge in [0.15, 0.2) is 12.6 Å². The molecule has 0 aliphatic rings. The molecule has 0 saturated carbocycles. The number of hydrogen-bond donors (Lipinski definition) is 0. The normalized spacial score (nSPS) is 11.1. The highest BCUT2D eigenvalue weighted by molar-refractivity contribution is 7.95. The van der Waals surface area contributed by atoms with Crippen LogP contribution in [0.3, 0.4) is 0 Å². The summed E-state index contributed by atoms with van der Waals surface area (Å²) in [5, 5.41) is 14.9. The molecule has 0 radical (unpaired) electrons. The van der Waals surface area contributed by atoms with Crippen LogP contribution in [0.2, 0.25) is 10.0 Å². The van der Waals surface area contributed by atoms with Crippen LogP contribution in [-0.2, 0) is 9.47 Å². The highest BCUT2D eigenvalue weighted by Gasteiger charge is 2.45. The van der Waals surface area contributed by atoms with Crippen LogP contribution >= 0.6 is 30.5 Å². The SMILES string of the molecule is COC=Cc1c(Cl)cccc1-c1cc2ccccc2c2ccccc12.COC[P+](c1ccccc1)(c1ccccc1)c1ccccc1.O=Cc1c(Cl)cccc1-c1cc2ccccc2c2ccccc12.[Cl-]. The first-order valence-corrected chi connectivity index (χ1v) is 25.8. The third-order valence-corrected chi connectivity index (χ3v) is 17.5. The topological polar surface area (TPSA) is 35.5 Å². The van der Waals surface area contributed by atoms with Crippen LogP contribution in [0.1, 0.15) is 15.9 Å². The second-order valence-corrected chi connectivity index (χ2v) is 20.9. The lowest BCUT2D eigenvalue weighted by molar-refractivity contribution is -0.0000198. The Morgan fingerprint density at radius 3 is 1.18 bits per heavy atom. The second kappa shape index (κ2) is 23.7. The Kier molecular flexibility index (Phi) is 16.8. The Labute approximate surface area is 432 Å². The molecule has 11 aromatic carbocycles. The molecule has 0 saturated heterocycles. The largest absolute Gasteiger partial charge is 1.00 e. The number of rotatable bonds is 10. The lowest BCUT2D eigenvalue weighted by Gasteiger charge is -2.26. The smallest absolute Gasteiger partial charge is 0.170 e. The molecule has 0 fully saturated rings. The number of hydrogen-bond acceptors (Lipinski definition) is 3. The number of carbonyl (C=O) groups is 1. The van der Waals surface area contributed by atoms with Crippen molar-refractivity contribution in [2.24, 2.45) is 0 Å². The zero-order chi connectivity index (χ0) is 48.3. The van der Waals surface area contributed by atoms with Crippen molar-refractivity contribution in [2.75, 3.05) is 20.6 Å². The molecule has 3 nitrogen and oxygen atoms in total. The Bertz CT molecular complexity index is 3510. The summed E-state index contributed by atoms with van der Waals surface area (Å²) in [6, 6.07) is 81.8. The molecule has 0 amide bonds. The Morgan fingerprint density at radius 2 is 0.775 bits per heavy atom. The summed E-state index contributed by atoms with van der Waals surface area (Å²) >= 11 is 12.7. The van der Waals surface area contributed by atoms with E-state index in [0.29, 0.717) is 22.0 Å². The van der Waals surface area contributed by atoms with Gasteiger partial charge in [0.25, 0.3) is 0 Å². The molecule has 0 aliphatic carbocycles. The van der Waals surface area contributed by atoms with Crippen molar-refractivity contribution in [1.29, 1.82) is 0 Å². The molecule has 0 unspecified atom stereocenters. The molecular weight excluding hydrogens is 954 g/mol. The summed E-state index contributed by atoms with van der Waals surface area (Å²) < 4.78 is 10.8. The monoisotopic (exact) mass is 1000 g/mol. The van der Waals surface area contributed by atoms with Crippen molar-refractivity contribution in [3.8, 4) is 22.3 Å². The first-order valence-electron chi connectivity index (χ1n) is 23.0. The summed E-state index contributed by atoms with van der Waals surface area (Å²) in [5.74, 6) is 0. The van der Waals surface area contributed by atoms with Crippen LogP contribution in [-0.4, -0.2) is 26.9 Å². The predicted molar refractivity (Wildman–Crippen MR) is 302 cm³/mol. The average Bonchev–Trinajstić information content (AvgIpc) is 3.42. The molecule has 7 heteroatoms. The third-order valence-electron chi connectivity index (χ3n) is 12.6. The molecule has 0 aliphatic heterocycles. The minimum Gasteiger partial charge on any atom is -1.00 e. The van der Waals surface area contributed by atoms with Crippen molar-refractivity contribution in [3.05, 3.63) is 264 Å². The van der Waals surface area contributed by atoms with Crippen molar-refractivity contribution < 1.29 is 26.7 Å². The van der Waals surface area contributed by atoms with Crippen LogP contribution in [0.15, 0.2) is 243 Å². The van der Waals surface area contributed by atoms with Gasteiger partial charge in [-0.3, -0.25) is 4.79 Å². The summed E-state index contributed by atoms with van der Waals surface area (Å²) in [5.41, 5.74) is 5.68. The number of ether oxygens (including phenoxy) is 2. The van der Waals surface area contributed by atoms with Gasteiger partial charge >= 0.3 is 0 Å². The molecule has 350 valence electrons. The first kappa shape index (κ1) is 50.3. The average molecular weight is 1000 g/mol. The number of carbonyl (C=O) groups excluding carboxylic acids is 1. The fourth-order valence-electron chi connectivity index (χ4n) is 9.44. The maximum atomic E-state index is 11.5. The first-order chi connectivity index (χ1) is 34.5. The minimum absolute atomic E-state index is 0. The highest BCUT2D eigenvalue weighted by atomic mass is 35.5. The van der Waals surface area contributed by atoms with Gasteiger partial charge in [0, 0.05) is 23.3 Å². The molecule has 0 aromatic heterocycles. The highest BCUT2D eigenvalue weighted by Crippen LogP contribution is 2.55. The van der Waals surface area contributed by atoms with E-state index in [1.807, 2.05) is 54.6 Å². The number of methoxy groups -OCH3 is 2. The summed E-state index contributed by atoms with van der Waals surface area (Å²) in [4.78, 5) is 11.5. The molecule has 11 rings (SSSR count). The molecule has 0 spiro atoms. The van der Waals surface area contributed by atoms with Crippen LogP contribution in [0.4, 0.5) is 0 Å². The lowest BCUT2D eigenvalue weighted by Crippen LogP contribution is -3.00. The van der Waals surface area contributed by atoms with Crippen molar-refractivity contribution in [3.63, 3.8) is 0 Å². The van der Waals surface area contributed by atoms with Gasteiger partial charge < -0.3 is 21.9 Å². The quantitative estimate of drug-likeness (QED) is 0.0593. The van der Waals surface area contributed by atoms with E-state index in [0.717, 1.165) is 39.3 Å². The standard InChI is InChI=1S/C23H17ClO.C21H13ClO.C20H20OP.ClH/c1-25-14-13-21-20(11-6-12-23(21)24)22-15-16-7-2-3-8-17(16)18-9-4-5-10-19(18)22;22-21-11-5-10-18(20(21)13-23)19-12-14-6-1-2-7-15(14)16-8-3-4-9-17(16)19;1-21-17-22(18-11-5-2-6-12-18,19-13-7-3-8-14-19)20-15-9-4-10-16-20;/h2-15H,1H3;1-13H;2-16H,17H2,1H3;1H/q;;+1;/p-1. The van der Waals surface area contributed by atoms with Gasteiger partial charge in [-0.05, 0) is 132 Å². The van der Waals surface area contributed by atoms with Gasteiger partial charge in [0.2, 0.25) is 0 Å². The van der Waals surface area contributed by atoms with E-state index >= 15 is 0 Å². The fourth-order valence-corrected chi connectivity index (χ4v) is 13.7. The van der Waals surface area contributed by atoms with E-state index in [9.17, 15) is 4.79 Å². The van der Waals surface area contributed by atoms with E-state index in [2.05, 4.69) is 182 Å². The lowest BCUT2D eigenvalue weighted by atomic mass is 9.91. The molecule has 0 heterocycles. The number of benzene rings is 11.